The molecular formula is C13H20N2O2. The lowest BCUT2D eigenvalue weighted by Crippen LogP contribution is -2.23. The van der Waals surface area contributed by atoms with E-state index < -0.39 is 0 Å². The molecule has 0 atom stereocenters. The van der Waals surface area contributed by atoms with E-state index in [0.29, 0.717) is 24.8 Å². The van der Waals surface area contributed by atoms with E-state index in [2.05, 4.69) is 18.9 Å². The van der Waals surface area contributed by atoms with E-state index in [-0.39, 0.29) is 11.7 Å². The molecule has 1 fully saturated rings. The van der Waals surface area contributed by atoms with Crippen molar-refractivity contribution in [1.29, 1.82) is 0 Å². The Morgan fingerprint density at radius 3 is 2.65 bits per heavy atom. The van der Waals surface area contributed by atoms with Crippen LogP contribution in [0.4, 0.5) is 0 Å². The molecule has 0 aromatic carbocycles. The average Bonchev–Trinajstić information content (AvgIpc) is 2.71. The number of carbonyl (C=O) groups is 1. The van der Waals surface area contributed by atoms with E-state index >= 15 is 0 Å². The number of aromatic nitrogens is 2. The molecule has 0 saturated carbocycles. The Bertz CT molecular complexity index is 404. The summed E-state index contributed by atoms with van der Waals surface area (Å²) in [6.45, 7) is 5.61. The number of nitrogens with zero attached hydrogens (tertiary/aromatic N) is 2. The molecule has 0 unspecified atom stereocenters. The van der Waals surface area contributed by atoms with Gasteiger partial charge in [-0.25, -0.2) is 0 Å². The van der Waals surface area contributed by atoms with E-state index in [1.54, 1.807) is 0 Å². The molecule has 2 heterocycles. The predicted octanol–water partition coefficient (Wildman–Crippen LogP) is 2.15. The molecule has 1 aliphatic heterocycles. The molecule has 0 N–H and O–H groups in total. The summed E-state index contributed by atoms with van der Waals surface area (Å²) in [6, 6.07) is 1.93. The van der Waals surface area contributed by atoms with Crippen LogP contribution in [0.2, 0.25) is 0 Å². The third-order valence-corrected chi connectivity index (χ3v) is 3.35. The van der Waals surface area contributed by atoms with Crippen LogP contribution in [0.3, 0.4) is 0 Å². The molecule has 2 rings (SSSR count). The molecule has 94 valence electrons. The van der Waals surface area contributed by atoms with Crippen molar-refractivity contribution in [1.82, 2.24) is 9.78 Å². The van der Waals surface area contributed by atoms with Crippen LogP contribution in [0.1, 0.15) is 48.8 Å². The van der Waals surface area contributed by atoms with Crippen molar-refractivity contribution in [2.24, 2.45) is 13.0 Å². The first-order chi connectivity index (χ1) is 8.09. The monoisotopic (exact) mass is 236 g/mol. The van der Waals surface area contributed by atoms with Gasteiger partial charge in [-0.3, -0.25) is 9.48 Å². The Hall–Kier alpha value is -1.16. The molecule has 0 bridgehead atoms. The summed E-state index contributed by atoms with van der Waals surface area (Å²) in [6.07, 6.45) is 1.65. The van der Waals surface area contributed by atoms with Crippen LogP contribution in [0, 0.1) is 5.92 Å². The van der Waals surface area contributed by atoms with E-state index in [1.807, 2.05) is 17.8 Å². The van der Waals surface area contributed by atoms with E-state index in [9.17, 15) is 4.79 Å². The van der Waals surface area contributed by atoms with Crippen molar-refractivity contribution in [2.45, 2.75) is 32.6 Å². The second-order valence-corrected chi connectivity index (χ2v) is 4.98. The van der Waals surface area contributed by atoms with Crippen molar-refractivity contribution < 1.29 is 9.53 Å². The van der Waals surface area contributed by atoms with Crippen LogP contribution < -0.4 is 0 Å². The zero-order valence-electron chi connectivity index (χ0n) is 10.8. The van der Waals surface area contributed by atoms with Crippen LogP contribution >= 0.6 is 0 Å². The Kier molecular flexibility index (Phi) is 3.62. The van der Waals surface area contributed by atoms with Crippen LogP contribution in [0.25, 0.3) is 0 Å². The topological polar surface area (TPSA) is 44.1 Å². The van der Waals surface area contributed by atoms with E-state index in [1.165, 1.54) is 0 Å². The first-order valence-electron chi connectivity index (χ1n) is 6.25. The summed E-state index contributed by atoms with van der Waals surface area (Å²) in [5.74, 6) is 0.665. The SMILES string of the molecule is CC(C)c1cc(C(=O)C2CCOCC2)nn1C. The van der Waals surface area contributed by atoms with Crippen LogP contribution in [-0.4, -0.2) is 28.8 Å². The molecular weight excluding hydrogens is 216 g/mol. The first-order valence-corrected chi connectivity index (χ1v) is 6.25. The summed E-state index contributed by atoms with van der Waals surface area (Å²) in [5, 5.41) is 4.33. The van der Waals surface area contributed by atoms with Gasteiger partial charge in [0.2, 0.25) is 0 Å². The second kappa shape index (κ2) is 5.00. The van der Waals surface area contributed by atoms with Gasteiger partial charge in [0.15, 0.2) is 5.78 Å². The van der Waals surface area contributed by atoms with Crippen molar-refractivity contribution in [2.75, 3.05) is 13.2 Å². The second-order valence-electron chi connectivity index (χ2n) is 4.98. The minimum absolute atomic E-state index is 0.0960. The number of ether oxygens (including phenoxy) is 1. The van der Waals surface area contributed by atoms with Gasteiger partial charge >= 0.3 is 0 Å². The number of ketones is 1. The largest absolute Gasteiger partial charge is 0.381 e. The lowest BCUT2D eigenvalue weighted by molar-refractivity contribution is 0.0541. The number of carbonyl (C=O) groups excluding carboxylic acids is 1. The smallest absolute Gasteiger partial charge is 0.186 e. The molecule has 0 spiro atoms. The van der Waals surface area contributed by atoms with E-state index in [0.717, 1.165) is 18.5 Å². The molecule has 1 aromatic rings. The molecule has 0 aliphatic carbocycles. The van der Waals surface area contributed by atoms with Crippen molar-refractivity contribution in [3.63, 3.8) is 0 Å². The number of aryl methyl sites for hydroxylation is 1. The van der Waals surface area contributed by atoms with Crippen LogP contribution in [-0.2, 0) is 11.8 Å². The maximum atomic E-state index is 12.3. The summed E-state index contributed by atoms with van der Waals surface area (Å²) in [5.41, 5.74) is 1.73. The fourth-order valence-electron chi connectivity index (χ4n) is 2.31. The lowest BCUT2D eigenvalue weighted by Gasteiger charge is -2.19. The minimum Gasteiger partial charge on any atom is -0.381 e. The fraction of sp³-hybridized carbons (Fsp3) is 0.692. The molecule has 17 heavy (non-hydrogen) atoms. The highest BCUT2D eigenvalue weighted by Gasteiger charge is 2.25. The highest BCUT2D eigenvalue weighted by atomic mass is 16.5. The van der Waals surface area contributed by atoms with Gasteiger partial charge in [0.25, 0.3) is 0 Å². The minimum atomic E-state index is 0.0960. The van der Waals surface area contributed by atoms with E-state index in [4.69, 9.17) is 4.74 Å². The number of Topliss-reactive ketones (excluding diaryl/α,β-unsaturated/α-hetero) is 1. The quantitative estimate of drug-likeness (QED) is 0.755. The zero-order valence-corrected chi connectivity index (χ0v) is 10.8. The molecule has 0 radical (unpaired) electrons. The molecule has 4 nitrogen and oxygen atoms in total. The van der Waals surface area contributed by atoms with Crippen molar-refractivity contribution >= 4 is 5.78 Å². The van der Waals surface area contributed by atoms with Gasteiger partial charge in [0.1, 0.15) is 5.69 Å². The number of hydrogen-bond acceptors (Lipinski definition) is 3. The standard InChI is InChI=1S/C13H20N2O2/c1-9(2)12-8-11(14-15(12)3)13(16)10-4-6-17-7-5-10/h8-10H,4-7H2,1-3H3. The third kappa shape index (κ3) is 2.57. The Balaban J connectivity index is 2.16. The molecule has 1 aromatic heterocycles. The number of hydrogen-bond donors (Lipinski definition) is 0. The lowest BCUT2D eigenvalue weighted by atomic mass is 9.93. The maximum absolute atomic E-state index is 12.3. The third-order valence-electron chi connectivity index (χ3n) is 3.35. The molecule has 1 saturated heterocycles. The van der Waals surface area contributed by atoms with Crippen molar-refractivity contribution in [3.8, 4) is 0 Å². The summed E-state index contributed by atoms with van der Waals surface area (Å²) < 4.78 is 7.09. The van der Waals surface area contributed by atoms with Gasteiger partial charge < -0.3 is 4.74 Å². The fourth-order valence-corrected chi connectivity index (χ4v) is 2.31. The normalized spacial score (nSPS) is 17.6. The average molecular weight is 236 g/mol. The van der Waals surface area contributed by atoms with Gasteiger partial charge in [-0.2, -0.15) is 5.10 Å². The van der Waals surface area contributed by atoms with Gasteiger partial charge in [-0.15, -0.1) is 0 Å². The van der Waals surface area contributed by atoms with Crippen LogP contribution in [0.5, 0.6) is 0 Å². The zero-order chi connectivity index (χ0) is 12.4. The highest BCUT2D eigenvalue weighted by Crippen LogP contribution is 2.22. The van der Waals surface area contributed by atoms with Crippen molar-refractivity contribution in [3.05, 3.63) is 17.5 Å². The van der Waals surface area contributed by atoms with Gasteiger partial charge in [0, 0.05) is 31.9 Å². The van der Waals surface area contributed by atoms with Crippen LogP contribution in [0.15, 0.2) is 6.07 Å². The summed E-state index contributed by atoms with van der Waals surface area (Å²) >= 11 is 0. The maximum Gasteiger partial charge on any atom is 0.186 e. The molecule has 4 heteroatoms. The summed E-state index contributed by atoms with van der Waals surface area (Å²) in [7, 11) is 1.90. The predicted molar refractivity (Wildman–Crippen MR) is 65.2 cm³/mol. The van der Waals surface area contributed by atoms with Gasteiger partial charge in [0.05, 0.1) is 0 Å². The summed E-state index contributed by atoms with van der Waals surface area (Å²) in [4.78, 5) is 12.3. The Morgan fingerprint density at radius 1 is 1.47 bits per heavy atom. The first kappa shape index (κ1) is 12.3. The Morgan fingerprint density at radius 2 is 2.12 bits per heavy atom. The molecule has 1 aliphatic rings. The number of rotatable bonds is 3. The highest BCUT2D eigenvalue weighted by molar-refractivity contribution is 5.96. The van der Waals surface area contributed by atoms with Gasteiger partial charge in [-0.1, -0.05) is 13.8 Å². The van der Waals surface area contributed by atoms with Gasteiger partial charge in [-0.05, 0) is 24.8 Å². The Labute approximate surface area is 102 Å². The molecule has 0 amide bonds.